The normalized spacial score (nSPS) is 20.1. The van der Waals surface area contributed by atoms with Gasteiger partial charge in [-0.3, -0.25) is 9.59 Å². The van der Waals surface area contributed by atoms with Crippen molar-refractivity contribution in [3.05, 3.63) is 22.4 Å². The lowest BCUT2D eigenvalue weighted by Gasteiger charge is -2.35. The lowest BCUT2D eigenvalue weighted by atomic mass is 10.0. The summed E-state index contributed by atoms with van der Waals surface area (Å²) in [6.07, 6.45) is 3.13. The first-order chi connectivity index (χ1) is 10.1. The number of thiophene rings is 1. The summed E-state index contributed by atoms with van der Waals surface area (Å²) in [5.74, 6) is -0.139. The fraction of sp³-hybridized carbons (Fsp3) is 0.600. The molecule has 2 atom stereocenters. The minimum Gasteiger partial charge on any atom is -0.394 e. The largest absolute Gasteiger partial charge is 0.394 e. The SMILES string of the molecule is CC(=O)NC(CC(=O)N1CCCCC1CO)c1cccs1. The van der Waals surface area contributed by atoms with Crippen LogP contribution in [0.4, 0.5) is 0 Å². The van der Waals surface area contributed by atoms with Crippen LogP contribution in [0.1, 0.15) is 43.5 Å². The van der Waals surface area contributed by atoms with Crippen molar-refractivity contribution >= 4 is 23.2 Å². The number of carbonyl (C=O) groups is 2. The molecular weight excluding hydrogens is 288 g/mol. The van der Waals surface area contributed by atoms with E-state index < -0.39 is 0 Å². The van der Waals surface area contributed by atoms with E-state index >= 15 is 0 Å². The van der Waals surface area contributed by atoms with E-state index in [0.29, 0.717) is 6.54 Å². The molecule has 1 aromatic rings. The Hall–Kier alpha value is -1.40. The summed E-state index contributed by atoms with van der Waals surface area (Å²) >= 11 is 1.53. The number of aliphatic hydroxyl groups excluding tert-OH is 1. The molecule has 2 unspecified atom stereocenters. The number of piperidine rings is 1. The minimum absolute atomic E-state index is 0.000833. The highest BCUT2D eigenvalue weighted by Crippen LogP contribution is 2.25. The van der Waals surface area contributed by atoms with Crippen molar-refractivity contribution in [3.63, 3.8) is 0 Å². The van der Waals surface area contributed by atoms with E-state index in [2.05, 4.69) is 5.32 Å². The average molecular weight is 310 g/mol. The van der Waals surface area contributed by atoms with Crippen LogP contribution in [-0.2, 0) is 9.59 Å². The van der Waals surface area contributed by atoms with Crippen LogP contribution >= 0.6 is 11.3 Å². The summed E-state index contributed by atoms with van der Waals surface area (Å²) in [6.45, 7) is 2.17. The van der Waals surface area contributed by atoms with Gasteiger partial charge in [-0.15, -0.1) is 11.3 Å². The van der Waals surface area contributed by atoms with E-state index in [1.807, 2.05) is 17.5 Å². The minimum atomic E-state index is -0.281. The summed E-state index contributed by atoms with van der Waals surface area (Å²) in [5.41, 5.74) is 0. The predicted molar refractivity (Wildman–Crippen MR) is 81.9 cm³/mol. The molecule has 5 nitrogen and oxygen atoms in total. The summed E-state index contributed by atoms with van der Waals surface area (Å²) in [4.78, 5) is 26.6. The summed E-state index contributed by atoms with van der Waals surface area (Å²) in [6, 6.07) is 3.48. The van der Waals surface area contributed by atoms with Crippen LogP contribution < -0.4 is 5.32 Å². The zero-order chi connectivity index (χ0) is 15.2. The molecule has 1 aliphatic rings. The molecule has 0 aromatic carbocycles. The van der Waals surface area contributed by atoms with Gasteiger partial charge in [-0.05, 0) is 30.7 Å². The molecule has 1 aliphatic heterocycles. The second-order valence-corrected chi connectivity index (χ2v) is 6.37. The summed E-state index contributed by atoms with van der Waals surface area (Å²) in [5, 5.41) is 14.2. The highest BCUT2D eigenvalue weighted by molar-refractivity contribution is 7.10. The van der Waals surface area contributed by atoms with Gasteiger partial charge >= 0.3 is 0 Å². The number of aliphatic hydroxyl groups is 1. The van der Waals surface area contributed by atoms with Gasteiger partial charge in [-0.25, -0.2) is 0 Å². The highest BCUT2D eigenvalue weighted by atomic mass is 32.1. The van der Waals surface area contributed by atoms with E-state index in [9.17, 15) is 14.7 Å². The van der Waals surface area contributed by atoms with Crippen molar-refractivity contribution < 1.29 is 14.7 Å². The first kappa shape index (κ1) is 16.0. The zero-order valence-electron chi connectivity index (χ0n) is 12.2. The summed E-state index contributed by atoms with van der Waals surface area (Å²) in [7, 11) is 0. The number of nitrogens with zero attached hydrogens (tertiary/aromatic N) is 1. The second kappa shape index (κ2) is 7.56. The number of nitrogens with one attached hydrogen (secondary N) is 1. The molecule has 2 rings (SSSR count). The molecule has 116 valence electrons. The second-order valence-electron chi connectivity index (χ2n) is 5.39. The molecule has 6 heteroatoms. The third-order valence-electron chi connectivity index (χ3n) is 3.80. The van der Waals surface area contributed by atoms with E-state index in [1.54, 1.807) is 4.90 Å². The van der Waals surface area contributed by atoms with Crippen molar-refractivity contribution in [2.24, 2.45) is 0 Å². The molecule has 2 heterocycles. The molecule has 1 aromatic heterocycles. The Balaban J connectivity index is 2.05. The van der Waals surface area contributed by atoms with Crippen LogP contribution in [0.15, 0.2) is 17.5 Å². The van der Waals surface area contributed by atoms with E-state index in [0.717, 1.165) is 24.1 Å². The first-order valence-corrected chi connectivity index (χ1v) is 8.20. The molecule has 1 saturated heterocycles. The van der Waals surface area contributed by atoms with Crippen molar-refractivity contribution in [1.29, 1.82) is 0 Å². The standard InChI is InChI=1S/C15H22N2O3S/c1-11(19)16-13(14-6-4-8-21-14)9-15(20)17-7-3-2-5-12(17)10-18/h4,6,8,12-13,18H,2-3,5,7,9-10H2,1H3,(H,16,19). The van der Waals surface area contributed by atoms with Crippen LogP contribution in [0.25, 0.3) is 0 Å². The van der Waals surface area contributed by atoms with Gasteiger partial charge in [-0.2, -0.15) is 0 Å². The lowest BCUT2D eigenvalue weighted by Crippen LogP contribution is -2.46. The van der Waals surface area contributed by atoms with E-state index in [4.69, 9.17) is 0 Å². The maximum absolute atomic E-state index is 12.5. The maximum atomic E-state index is 12.5. The third-order valence-corrected chi connectivity index (χ3v) is 4.79. The fourth-order valence-electron chi connectivity index (χ4n) is 2.77. The Morgan fingerprint density at radius 3 is 2.95 bits per heavy atom. The quantitative estimate of drug-likeness (QED) is 0.869. The van der Waals surface area contributed by atoms with E-state index in [-0.39, 0.29) is 36.9 Å². The van der Waals surface area contributed by atoms with Crippen molar-refractivity contribution in [2.45, 2.75) is 44.7 Å². The van der Waals surface area contributed by atoms with Crippen molar-refractivity contribution in [2.75, 3.05) is 13.2 Å². The van der Waals surface area contributed by atoms with E-state index in [1.165, 1.54) is 18.3 Å². The van der Waals surface area contributed by atoms with Gasteiger partial charge < -0.3 is 15.3 Å². The van der Waals surface area contributed by atoms with Crippen LogP contribution in [0.5, 0.6) is 0 Å². The van der Waals surface area contributed by atoms with Crippen molar-refractivity contribution in [3.8, 4) is 0 Å². The van der Waals surface area contributed by atoms with Crippen LogP contribution in [0, 0.1) is 0 Å². The lowest BCUT2D eigenvalue weighted by molar-refractivity contribution is -0.136. The van der Waals surface area contributed by atoms with Gasteiger partial charge in [0.25, 0.3) is 0 Å². The van der Waals surface area contributed by atoms with Crippen LogP contribution in [0.3, 0.4) is 0 Å². The number of likely N-dealkylation sites (tertiary alicyclic amines) is 1. The number of rotatable bonds is 5. The predicted octanol–water partition coefficient (Wildman–Crippen LogP) is 1.69. The number of amides is 2. The van der Waals surface area contributed by atoms with Gasteiger partial charge in [0.2, 0.25) is 11.8 Å². The molecule has 21 heavy (non-hydrogen) atoms. The number of carbonyl (C=O) groups excluding carboxylic acids is 2. The molecule has 2 amide bonds. The van der Waals surface area contributed by atoms with Gasteiger partial charge in [0, 0.05) is 18.3 Å². The Morgan fingerprint density at radius 2 is 2.33 bits per heavy atom. The molecule has 0 radical (unpaired) electrons. The molecular formula is C15H22N2O3S. The monoisotopic (exact) mass is 310 g/mol. The average Bonchev–Trinajstić information content (AvgIpc) is 3.00. The van der Waals surface area contributed by atoms with Crippen LogP contribution in [-0.4, -0.2) is 41.0 Å². The van der Waals surface area contributed by atoms with Gasteiger partial charge in [0.15, 0.2) is 0 Å². The molecule has 1 fully saturated rings. The van der Waals surface area contributed by atoms with Gasteiger partial charge in [-0.1, -0.05) is 6.07 Å². The Bertz CT molecular complexity index is 475. The Labute approximate surface area is 129 Å². The third kappa shape index (κ3) is 4.28. The van der Waals surface area contributed by atoms with Crippen molar-refractivity contribution in [1.82, 2.24) is 10.2 Å². The fourth-order valence-corrected chi connectivity index (χ4v) is 3.55. The molecule has 0 saturated carbocycles. The number of hydrogen-bond donors (Lipinski definition) is 2. The molecule has 0 bridgehead atoms. The van der Waals surface area contributed by atoms with Gasteiger partial charge in [0.1, 0.15) is 0 Å². The molecule has 0 spiro atoms. The molecule has 0 aliphatic carbocycles. The number of hydrogen-bond acceptors (Lipinski definition) is 4. The zero-order valence-corrected chi connectivity index (χ0v) is 13.1. The Kier molecular flexibility index (Phi) is 5.76. The van der Waals surface area contributed by atoms with Gasteiger partial charge in [0.05, 0.1) is 25.1 Å². The first-order valence-electron chi connectivity index (χ1n) is 7.32. The Morgan fingerprint density at radius 1 is 1.52 bits per heavy atom. The smallest absolute Gasteiger partial charge is 0.225 e. The van der Waals surface area contributed by atoms with Crippen LogP contribution in [0.2, 0.25) is 0 Å². The molecule has 2 N–H and O–H groups in total. The highest BCUT2D eigenvalue weighted by Gasteiger charge is 2.28. The topological polar surface area (TPSA) is 69.6 Å². The maximum Gasteiger partial charge on any atom is 0.225 e. The summed E-state index contributed by atoms with van der Waals surface area (Å²) < 4.78 is 0.